The lowest BCUT2D eigenvalue weighted by Crippen LogP contribution is -2.36. The molecule has 186 valence electrons. The van der Waals surface area contributed by atoms with Crippen LogP contribution in [0.1, 0.15) is 35.5 Å². The third-order valence-electron chi connectivity index (χ3n) is 4.39. The Kier molecular flexibility index (Phi) is 6.50. The Labute approximate surface area is 195 Å². The molecule has 34 heavy (non-hydrogen) atoms. The zero-order valence-corrected chi connectivity index (χ0v) is 18.9. The van der Waals surface area contributed by atoms with Crippen molar-refractivity contribution < 1.29 is 39.9 Å². The van der Waals surface area contributed by atoms with Gasteiger partial charge < -0.3 is 5.32 Å². The van der Waals surface area contributed by atoms with E-state index in [2.05, 4.69) is 15.5 Å². The van der Waals surface area contributed by atoms with Crippen LogP contribution in [0.25, 0.3) is 16.3 Å². The molecule has 0 saturated carbocycles. The molecule has 0 aliphatic rings. The van der Waals surface area contributed by atoms with Gasteiger partial charge in [0.2, 0.25) is 0 Å². The molecule has 6 nitrogen and oxygen atoms in total. The standard InChI is InChI=1S/C18H14ClF8N5OS/c1-7(2)29-14(33)9-4-10(34-13(9)19)8-5-28-32(6-8)15-11(17(22,23)24)12(30-31(15)3)16(20,21)18(25,26)27/h4-7H,1-3H3,(H,29,33). The number of hydrogen-bond acceptors (Lipinski definition) is 4. The van der Waals surface area contributed by atoms with E-state index in [1.807, 2.05) is 0 Å². The second kappa shape index (κ2) is 8.52. The van der Waals surface area contributed by atoms with E-state index in [9.17, 15) is 39.9 Å². The molecular weight excluding hydrogens is 522 g/mol. The van der Waals surface area contributed by atoms with Crippen molar-refractivity contribution in [2.24, 2.45) is 7.05 Å². The van der Waals surface area contributed by atoms with Gasteiger partial charge in [-0.3, -0.25) is 4.79 Å². The average molecular weight is 536 g/mol. The van der Waals surface area contributed by atoms with E-state index in [-0.39, 0.29) is 26.2 Å². The Morgan fingerprint density at radius 3 is 2.29 bits per heavy atom. The molecule has 3 rings (SSSR count). The van der Waals surface area contributed by atoms with E-state index in [1.54, 1.807) is 13.8 Å². The summed E-state index contributed by atoms with van der Waals surface area (Å²) < 4.78 is 108. The maximum Gasteiger partial charge on any atom is 0.459 e. The SMILES string of the molecule is CC(C)NC(=O)c1cc(-c2cnn(-c3c(C(F)(F)F)c(C(F)(F)C(F)(F)F)nn3C)c2)sc1Cl. The molecule has 1 N–H and O–H groups in total. The Morgan fingerprint density at radius 1 is 1.15 bits per heavy atom. The molecule has 3 aromatic heterocycles. The molecule has 0 unspecified atom stereocenters. The number of amides is 1. The molecule has 0 bridgehead atoms. The molecule has 0 aromatic carbocycles. The number of nitrogens with zero attached hydrogens (tertiary/aromatic N) is 4. The number of alkyl halides is 8. The van der Waals surface area contributed by atoms with Crippen LogP contribution in [0, 0.1) is 0 Å². The Bertz CT molecular complexity index is 1220. The van der Waals surface area contributed by atoms with E-state index in [0.717, 1.165) is 30.8 Å². The fourth-order valence-corrected chi connectivity index (χ4v) is 4.21. The summed E-state index contributed by atoms with van der Waals surface area (Å²) in [5.41, 5.74) is -4.55. The predicted molar refractivity (Wildman–Crippen MR) is 106 cm³/mol. The van der Waals surface area contributed by atoms with Gasteiger partial charge >= 0.3 is 18.3 Å². The minimum Gasteiger partial charge on any atom is -0.350 e. The maximum absolute atomic E-state index is 13.9. The van der Waals surface area contributed by atoms with Crippen LogP contribution in [-0.2, 0) is 19.1 Å². The highest BCUT2D eigenvalue weighted by Crippen LogP contribution is 2.49. The summed E-state index contributed by atoms with van der Waals surface area (Å²) in [5, 5.41) is 9.14. The van der Waals surface area contributed by atoms with Crippen molar-refractivity contribution in [1.82, 2.24) is 24.9 Å². The van der Waals surface area contributed by atoms with Gasteiger partial charge in [-0.25, -0.2) is 9.36 Å². The topological polar surface area (TPSA) is 64.7 Å². The molecule has 0 aliphatic carbocycles. The van der Waals surface area contributed by atoms with Crippen molar-refractivity contribution in [2.75, 3.05) is 0 Å². The number of carbonyl (C=O) groups excluding carboxylic acids is 1. The van der Waals surface area contributed by atoms with Crippen LogP contribution in [0.15, 0.2) is 18.5 Å². The lowest BCUT2D eigenvalue weighted by molar-refractivity contribution is -0.292. The first-order valence-electron chi connectivity index (χ1n) is 9.20. The number of thiophene rings is 1. The molecule has 0 radical (unpaired) electrons. The lowest BCUT2D eigenvalue weighted by atomic mass is 10.1. The molecule has 0 spiro atoms. The van der Waals surface area contributed by atoms with Crippen LogP contribution < -0.4 is 5.32 Å². The average Bonchev–Trinajstić information content (AvgIpc) is 3.35. The van der Waals surface area contributed by atoms with Crippen molar-refractivity contribution in [2.45, 2.75) is 38.2 Å². The first-order chi connectivity index (χ1) is 15.4. The highest BCUT2D eigenvalue weighted by atomic mass is 35.5. The number of carbonyl (C=O) groups is 1. The number of nitrogens with one attached hydrogen (secondary N) is 1. The Hall–Kier alpha value is -2.68. The molecule has 16 heteroatoms. The van der Waals surface area contributed by atoms with Crippen molar-refractivity contribution in [3.8, 4) is 16.3 Å². The van der Waals surface area contributed by atoms with Crippen LogP contribution in [0.2, 0.25) is 4.34 Å². The largest absolute Gasteiger partial charge is 0.459 e. The minimum absolute atomic E-state index is 0.0736. The normalized spacial score (nSPS) is 13.1. The number of halogens is 9. The lowest BCUT2D eigenvalue weighted by Gasteiger charge is -2.19. The van der Waals surface area contributed by atoms with Gasteiger partial charge in [0.05, 0.1) is 11.8 Å². The summed E-state index contributed by atoms with van der Waals surface area (Å²) in [4.78, 5) is 12.5. The maximum atomic E-state index is 13.9. The monoisotopic (exact) mass is 535 g/mol. The number of hydrogen-bond donors (Lipinski definition) is 1. The second-order valence-electron chi connectivity index (χ2n) is 7.34. The van der Waals surface area contributed by atoms with Crippen molar-refractivity contribution in [3.05, 3.63) is 39.6 Å². The van der Waals surface area contributed by atoms with Gasteiger partial charge in [0.15, 0.2) is 11.5 Å². The number of aryl methyl sites for hydroxylation is 1. The van der Waals surface area contributed by atoms with Gasteiger partial charge in [-0.05, 0) is 19.9 Å². The smallest absolute Gasteiger partial charge is 0.350 e. The predicted octanol–water partition coefficient (Wildman–Crippen LogP) is 5.80. The zero-order chi connectivity index (χ0) is 25.8. The van der Waals surface area contributed by atoms with Crippen molar-refractivity contribution in [1.29, 1.82) is 0 Å². The third-order valence-corrected chi connectivity index (χ3v) is 5.80. The summed E-state index contributed by atoms with van der Waals surface area (Å²) >= 11 is 6.98. The van der Waals surface area contributed by atoms with Gasteiger partial charge in [-0.15, -0.1) is 11.3 Å². The van der Waals surface area contributed by atoms with Crippen LogP contribution in [0.5, 0.6) is 0 Å². The highest BCUT2D eigenvalue weighted by molar-refractivity contribution is 7.19. The summed E-state index contributed by atoms with van der Waals surface area (Å²) in [6.45, 7) is 3.43. The molecule has 0 fully saturated rings. The third kappa shape index (κ3) is 4.62. The van der Waals surface area contributed by atoms with E-state index in [0.29, 0.717) is 9.56 Å². The zero-order valence-electron chi connectivity index (χ0n) is 17.3. The Balaban J connectivity index is 2.11. The van der Waals surface area contributed by atoms with Crippen LogP contribution in [-0.4, -0.2) is 37.7 Å². The molecule has 0 aliphatic heterocycles. The first kappa shape index (κ1) is 25.9. The van der Waals surface area contributed by atoms with Crippen molar-refractivity contribution >= 4 is 28.8 Å². The molecule has 3 heterocycles. The van der Waals surface area contributed by atoms with E-state index < -0.39 is 41.3 Å². The Morgan fingerprint density at radius 2 is 1.76 bits per heavy atom. The molecule has 1 amide bonds. The van der Waals surface area contributed by atoms with E-state index in [4.69, 9.17) is 11.6 Å². The second-order valence-corrected chi connectivity index (χ2v) is 8.99. The number of aromatic nitrogens is 4. The van der Waals surface area contributed by atoms with Crippen LogP contribution >= 0.6 is 22.9 Å². The van der Waals surface area contributed by atoms with Gasteiger partial charge in [0.25, 0.3) is 5.91 Å². The number of rotatable bonds is 5. The summed E-state index contributed by atoms with van der Waals surface area (Å²) in [6.07, 6.45) is -9.92. The fraction of sp³-hybridized carbons (Fsp3) is 0.389. The minimum atomic E-state index is -6.31. The van der Waals surface area contributed by atoms with Gasteiger partial charge in [0.1, 0.15) is 9.90 Å². The highest BCUT2D eigenvalue weighted by Gasteiger charge is 2.64. The van der Waals surface area contributed by atoms with Crippen LogP contribution in [0.4, 0.5) is 35.1 Å². The first-order valence-corrected chi connectivity index (χ1v) is 10.4. The van der Waals surface area contributed by atoms with Gasteiger partial charge in [0, 0.05) is 29.7 Å². The van der Waals surface area contributed by atoms with Crippen LogP contribution in [0.3, 0.4) is 0 Å². The summed E-state index contributed by atoms with van der Waals surface area (Å²) in [5.74, 6) is -7.53. The molecule has 0 saturated heterocycles. The molecule has 0 atom stereocenters. The summed E-state index contributed by atoms with van der Waals surface area (Å²) in [7, 11) is 0.776. The van der Waals surface area contributed by atoms with Gasteiger partial charge in [-0.2, -0.15) is 45.3 Å². The van der Waals surface area contributed by atoms with E-state index >= 15 is 0 Å². The summed E-state index contributed by atoms with van der Waals surface area (Å²) in [6, 6.07) is 1.15. The van der Waals surface area contributed by atoms with E-state index in [1.165, 1.54) is 6.07 Å². The van der Waals surface area contributed by atoms with Gasteiger partial charge in [-0.1, -0.05) is 11.6 Å². The fourth-order valence-electron chi connectivity index (χ4n) is 2.96. The van der Waals surface area contributed by atoms with Crippen molar-refractivity contribution in [3.63, 3.8) is 0 Å². The quantitative estimate of drug-likeness (QED) is 0.420. The molecule has 3 aromatic rings. The molecular formula is C18H14ClF8N5OS.